The molecule has 1 aromatic heterocycles. The Balaban J connectivity index is 1.39. The summed E-state index contributed by atoms with van der Waals surface area (Å²) in [5, 5.41) is 5.90. The first-order valence-electron chi connectivity index (χ1n) is 11.0. The van der Waals surface area contributed by atoms with E-state index in [9.17, 15) is 9.18 Å². The Hall–Kier alpha value is -2.94. The van der Waals surface area contributed by atoms with Gasteiger partial charge in [-0.1, -0.05) is 32.9 Å². The van der Waals surface area contributed by atoms with Crippen LogP contribution in [0.3, 0.4) is 0 Å². The molecule has 2 amide bonds. The average molecular weight is 445 g/mol. The Morgan fingerprint density at radius 3 is 2.47 bits per heavy atom. The molecule has 9 heteroatoms. The highest BCUT2D eigenvalue weighted by molar-refractivity contribution is 5.74. The molecule has 8 nitrogen and oxygen atoms in total. The van der Waals surface area contributed by atoms with E-state index in [4.69, 9.17) is 4.74 Å². The van der Waals surface area contributed by atoms with Crippen molar-refractivity contribution in [2.75, 3.05) is 50.8 Å². The van der Waals surface area contributed by atoms with Crippen LogP contribution in [0.4, 0.5) is 15.1 Å². The Kier molecular flexibility index (Phi) is 8.21. The van der Waals surface area contributed by atoms with Crippen molar-refractivity contribution in [1.82, 2.24) is 25.5 Å². The fraction of sp³-hybridized carbons (Fsp3) is 0.522. The molecule has 2 N–H and O–H groups in total. The van der Waals surface area contributed by atoms with E-state index >= 15 is 0 Å². The molecular formula is C23H33FN6O2. The zero-order chi connectivity index (χ0) is 23.0. The zero-order valence-corrected chi connectivity index (χ0v) is 19.1. The van der Waals surface area contributed by atoms with Crippen LogP contribution in [0.2, 0.25) is 0 Å². The van der Waals surface area contributed by atoms with Gasteiger partial charge in [0.15, 0.2) is 11.6 Å². The zero-order valence-electron chi connectivity index (χ0n) is 19.1. The summed E-state index contributed by atoms with van der Waals surface area (Å²) in [6, 6.07) is 7.55. The molecule has 0 spiro atoms. The van der Waals surface area contributed by atoms with Gasteiger partial charge in [-0.15, -0.1) is 0 Å². The van der Waals surface area contributed by atoms with Gasteiger partial charge in [0, 0.05) is 51.7 Å². The van der Waals surface area contributed by atoms with E-state index in [1.807, 2.05) is 26.8 Å². The summed E-state index contributed by atoms with van der Waals surface area (Å²) in [5.41, 5.74) is -0.252. The molecule has 1 saturated heterocycles. The molecule has 0 radical (unpaired) electrons. The molecule has 0 bridgehead atoms. The summed E-state index contributed by atoms with van der Waals surface area (Å²) in [4.78, 5) is 25.5. The van der Waals surface area contributed by atoms with Gasteiger partial charge in [-0.3, -0.25) is 4.90 Å². The van der Waals surface area contributed by atoms with Crippen molar-refractivity contribution in [1.29, 1.82) is 0 Å². The number of nitrogens with one attached hydrogen (secondary N) is 2. The minimum Gasteiger partial charge on any atom is -0.488 e. The largest absolute Gasteiger partial charge is 0.488 e. The SMILES string of the molecule is CC(C)(C)C(COc1ccccc1F)NC(=O)NCCN1CCN(c2ncccn2)CC1. The molecule has 1 atom stereocenters. The Bertz CT molecular complexity index is 853. The first kappa shape index (κ1) is 23.7. The molecule has 0 aliphatic carbocycles. The monoisotopic (exact) mass is 444 g/mol. The van der Waals surface area contributed by atoms with E-state index < -0.39 is 5.82 Å². The molecule has 1 aromatic carbocycles. The fourth-order valence-corrected chi connectivity index (χ4v) is 3.41. The van der Waals surface area contributed by atoms with Crippen LogP contribution in [0.25, 0.3) is 0 Å². The van der Waals surface area contributed by atoms with Gasteiger partial charge in [0.1, 0.15) is 6.61 Å². The van der Waals surface area contributed by atoms with Gasteiger partial charge in [0.05, 0.1) is 6.04 Å². The highest BCUT2D eigenvalue weighted by Crippen LogP contribution is 2.22. The second-order valence-corrected chi connectivity index (χ2v) is 8.94. The lowest BCUT2D eigenvalue weighted by Crippen LogP contribution is -2.53. The van der Waals surface area contributed by atoms with Gasteiger partial charge < -0.3 is 20.3 Å². The quantitative estimate of drug-likeness (QED) is 0.651. The van der Waals surface area contributed by atoms with E-state index in [-0.39, 0.29) is 29.8 Å². The van der Waals surface area contributed by atoms with Gasteiger partial charge in [-0.25, -0.2) is 19.2 Å². The van der Waals surface area contributed by atoms with Gasteiger partial charge in [0.2, 0.25) is 5.95 Å². The molecule has 3 rings (SSSR count). The van der Waals surface area contributed by atoms with E-state index in [2.05, 4.69) is 30.4 Å². The maximum atomic E-state index is 13.8. The summed E-state index contributed by atoms with van der Waals surface area (Å²) in [5.74, 6) is 0.531. The number of aromatic nitrogens is 2. The van der Waals surface area contributed by atoms with Crippen molar-refractivity contribution in [3.05, 3.63) is 48.5 Å². The molecule has 0 saturated carbocycles. The first-order chi connectivity index (χ1) is 15.3. The number of carbonyl (C=O) groups is 1. The van der Waals surface area contributed by atoms with Gasteiger partial charge in [0.25, 0.3) is 0 Å². The second kappa shape index (κ2) is 11.1. The van der Waals surface area contributed by atoms with Crippen LogP contribution >= 0.6 is 0 Å². The number of para-hydroxylation sites is 1. The smallest absolute Gasteiger partial charge is 0.315 e. The third-order valence-corrected chi connectivity index (χ3v) is 5.51. The molecule has 2 heterocycles. The molecule has 1 aliphatic heterocycles. The average Bonchev–Trinajstić information content (AvgIpc) is 2.78. The molecule has 174 valence electrons. The number of rotatable bonds is 8. The van der Waals surface area contributed by atoms with Crippen LogP contribution in [0.1, 0.15) is 20.8 Å². The minimum absolute atomic E-state index is 0.182. The van der Waals surface area contributed by atoms with Crippen molar-refractivity contribution in [3.8, 4) is 5.75 Å². The summed E-state index contributed by atoms with van der Waals surface area (Å²) in [7, 11) is 0. The van der Waals surface area contributed by atoms with Crippen LogP contribution in [0.15, 0.2) is 42.7 Å². The number of anilines is 1. The molecule has 32 heavy (non-hydrogen) atoms. The molecule has 1 unspecified atom stereocenters. The number of hydrogen-bond donors (Lipinski definition) is 2. The third-order valence-electron chi connectivity index (χ3n) is 5.51. The predicted octanol–water partition coefficient (Wildman–Crippen LogP) is 2.53. The van der Waals surface area contributed by atoms with Gasteiger partial charge in [-0.2, -0.15) is 0 Å². The summed E-state index contributed by atoms with van der Waals surface area (Å²) in [6.07, 6.45) is 3.51. The van der Waals surface area contributed by atoms with E-state index in [1.165, 1.54) is 6.07 Å². The van der Waals surface area contributed by atoms with Crippen molar-refractivity contribution in [2.45, 2.75) is 26.8 Å². The lowest BCUT2D eigenvalue weighted by molar-refractivity contribution is 0.166. The highest BCUT2D eigenvalue weighted by Gasteiger charge is 2.27. The maximum Gasteiger partial charge on any atom is 0.315 e. The van der Waals surface area contributed by atoms with Crippen molar-refractivity contribution < 1.29 is 13.9 Å². The van der Waals surface area contributed by atoms with Crippen LogP contribution in [-0.2, 0) is 0 Å². The number of hydrogen-bond acceptors (Lipinski definition) is 6. The topological polar surface area (TPSA) is 82.6 Å². The predicted molar refractivity (Wildman–Crippen MR) is 122 cm³/mol. The molecular weight excluding hydrogens is 411 g/mol. The van der Waals surface area contributed by atoms with Crippen LogP contribution in [-0.4, -0.2) is 72.8 Å². The number of benzene rings is 1. The minimum atomic E-state index is -0.413. The standard InChI is InChI=1S/C23H33FN6O2/c1-23(2,3)20(17-32-19-8-5-4-7-18(19)24)28-22(31)27-11-12-29-13-15-30(16-14-29)21-25-9-6-10-26-21/h4-10,20H,11-17H2,1-3H3,(H2,27,28,31). The number of ether oxygens (including phenoxy) is 1. The lowest BCUT2D eigenvalue weighted by atomic mass is 9.87. The molecule has 2 aromatic rings. The number of nitrogens with zero attached hydrogens (tertiary/aromatic N) is 4. The Morgan fingerprint density at radius 2 is 1.81 bits per heavy atom. The summed E-state index contributed by atoms with van der Waals surface area (Å²) in [6.45, 7) is 11.0. The number of amides is 2. The van der Waals surface area contributed by atoms with E-state index in [0.717, 1.165) is 38.7 Å². The van der Waals surface area contributed by atoms with E-state index in [0.29, 0.717) is 6.54 Å². The maximum absolute atomic E-state index is 13.8. The first-order valence-corrected chi connectivity index (χ1v) is 11.0. The second-order valence-electron chi connectivity index (χ2n) is 8.94. The van der Waals surface area contributed by atoms with Crippen molar-refractivity contribution in [2.24, 2.45) is 5.41 Å². The molecule has 1 fully saturated rings. The fourth-order valence-electron chi connectivity index (χ4n) is 3.41. The molecule has 1 aliphatic rings. The number of halogens is 1. The Labute approximate surface area is 189 Å². The number of carbonyl (C=O) groups excluding carboxylic acids is 1. The van der Waals surface area contributed by atoms with Crippen LogP contribution in [0.5, 0.6) is 5.75 Å². The lowest BCUT2D eigenvalue weighted by Gasteiger charge is -2.34. The van der Waals surface area contributed by atoms with Gasteiger partial charge in [-0.05, 0) is 23.6 Å². The van der Waals surface area contributed by atoms with Crippen LogP contribution in [0, 0.1) is 11.2 Å². The van der Waals surface area contributed by atoms with Crippen molar-refractivity contribution >= 4 is 12.0 Å². The normalized spacial score (nSPS) is 15.8. The Morgan fingerprint density at radius 1 is 1.12 bits per heavy atom. The number of piperazine rings is 1. The summed E-state index contributed by atoms with van der Waals surface area (Å²) < 4.78 is 19.5. The van der Waals surface area contributed by atoms with E-state index in [1.54, 1.807) is 30.6 Å². The van der Waals surface area contributed by atoms with Crippen LogP contribution < -0.4 is 20.3 Å². The third kappa shape index (κ3) is 7.05. The van der Waals surface area contributed by atoms with Gasteiger partial charge >= 0.3 is 6.03 Å². The summed E-state index contributed by atoms with van der Waals surface area (Å²) >= 11 is 0. The number of urea groups is 1. The van der Waals surface area contributed by atoms with Crippen molar-refractivity contribution in [3.63, 3.8) is 0 Å². The highest BCUT2D eigenvalue weighted by atomic mass is 19.1.